The van der Waals surface area contributed by atoms with Gasteiger partial charge >= 0.3 is 6.03 Å². The van der Waals surface area contributed by atoms with Crippen LogP contribution >= 0.6 is 15.9 Å². The van der Waals surface area contributed by atoms with Gasteiger partial charge in [0.15, 0.2) is 5.65 Å². The van der Waals surface area contributed by atoms with Crippen molar-refractivity contribution in [3.8, 4) is 11.1 Å². The maximum atomic E-state index is 12.1. The first-order valence-electron chi connectivity index (χ1n) is 11.2. The molecule has 4 aromatic rings. The van der Waals surface area contributed by atoms with Crippen molar-refractivity contribution in [1.29, 1.82) is 0 Å². The molecule has 0 spiro atoms. The number of pyridine rings is 1. The number of likely N-dealkylation sites (tertiary alicyclic amines) is 1. The van der Waals surface area contributed by atoms with Crippen molar-refractivity contribution in [3.05, 3.63) is 52.9 Å². The number of piperidine rings is 1. The number of rotatable bonds is 4. The van der Waals surface area contributed by atoms with Crippen molar-refractivity contribution in [2.24, 2.45) is 5.92 Å². The molecule has 8 nitrogen and oxygen atoms in total. The third-order valence-corrected chi connectivity index (χ3v) is 7.17. The van der Waals surface area contributed by atoms with E-state index in [2.05, 4.69) is 43.5 Å². The monoisotopic (exact) mass is 507 g/mol. The van der Waals surface area contributed by atoms with E-state index in [1.54, 1.807) is 10.7 Å². The van der Waals surface area contributed by atoms with Gasteiger partial charge in [0, 0.05) is 42.3 Å². The number of carbonyl (C=O) groups is 1. The van der Waals surface area contributed by atoms with Crippen LogP contribution in [0.3, 0.4) is 0 Å². The number of hydrogen-bond donors (Lipinski definition) is 2. The van der Waals surface area contributed by atoms with Crippen LogP contribution < -0.4 is 11.1 Å². The molecule has 1 aliphatic heterocycles. The van der Waals surface area contributed by atoms with Gasteiger partial charge in [-0.15, -0.1) is 0 Å². The van der Waals surface area contributed by atoms with Gasteiger partial charge in [0.05, 0.1) is 21.9 Å². The highest BCUT2D eigenvalue weighted by molar-refractivity contribution is 9.10. The van der Waals surface area contributed by atoms with E-state index in [4.69, 9.17) is 10.7 Å². The lowest BCUT2D eigenvalue weighted by Crippen LogP contribution is -2.44. The molecule has 0 bridgehead atoms. The first kappa shape index (κ1) is 21.6. The molecular weight excluding hydrogens is 482 g/mol. The SMILES string of the molecule is CCNC(=O)N1CCC(Cc2nc3c(-c4cnc5ccccc5c4)cnn3c(N)c2Br)CC1. The molecule has 0 saturated carbocycles. The number of anilines is 1. The number of nitrogens with zero attached hydrogens (tertiary/aromatic N) is 5. The molecule has 1 fully saturated rings. The number of benzene rings is 1. The van der Waals surface area contributed by atoms with E-state index in [0.717, 1.165) is 70.2 Å². The summed E-state index contributed by atoms with van der Waals surface area (Å²) in [6.45, 7) is 4.10. The van der Waals surface area contributed by atoms with Crippen LogP contribution in [0.15, 0.2) is 47.2 Å². The van der Waals surface area contributed by atoms with Gasteiger partial charge in [0.25, 0.3) is 0 Å². The smallest absolute Gasteiger partial charge is 0.317 e. The number of carbonyl (C=O) groups excluding carboxylic acids is 1. The normalized spacial score (nSPS) is 14.8. The maximum absolute atomic E-state index is 12.1. The van der Waals surface area contributed by atoms with Gasteiger partial charge in [0.1, 0.15) is 5.82 Å². The maximum Gasteiger partial charge on any atom is 0.317 e. The Balaban J connectivity index is 1.43. The van der Waals surface area contributed by atoms with Crippen LogP contribution in [0.5, 0.6) is 0 Å². The van der Waals surface area contributed by atoms with Gasteiger partial charge in [0.2, 0.25) is 0 Å². The van der Waals surface area contributed by atoms with Crippen LogP contribution in [0.25, 0.3) is 27.7 Å². The summed E-state index contributed by atoms with van der Waals surface area (Å²) in [5.74, 6) is 0.977. The van der Waals surface area contributed by atoms with Gasteiger partial charge in [-0.2, -0.15) is 9.61 Å². The molecular formula is C24H26BrN7O. The Hall–Kier alpha value is -3.20. The molecule has 1 saturated heterocycles. The van der Waals surface area contributed by atoms with E-state index < -0.39 is 0 Å². The molecule has 1 aliphatic rings. The second-order valence-corrected chi connectivity index (χ2v) is 9.23. The first-order chi connectivity index (χ1) is 16.0. The minimum Gasteiger partial charge on any atom is -0.383 e. The number of nitrogen functional groups attached to an aromatic ring is 1. The van der Waals surface area contributed by atoms with Crippen LogP contribution in [0, 0.1) is 5.92 Å². The minimum absolute atomic E-state index is 0.0221. The third kappa shape index (κ3) is 4.13. The number of para-hydroxylation sites is 1. The van der Waals surface area contributed by atoms with E-state index in [9.17, 15) is 4.79 Å². The summed E-state index contributed by atoms with van der Waals surface area (Å²) in [5.41, 5.74) is 10.9. The molecule has 4 heterocycles. The van der Waals surface area contributed by atoms with E-state index in [-0.39, 0.29) is 6.03 Å². The molecule has 3 aromatic heterocycles. The average Bonchev–Trinajstić information content (AvgIpc) is 3.26. The van der Waals surface area contributed by atoms with E-state index in [1.807, 2.05) is 36.2 Å². The summed E-state index contributed by atoms with van der Waals surface area (Å²) < 4.78 is 2.46. The second kappa shape index (κ2) is 8.97. The fourth-order valence-corrected chi connectivity index (χ4v) is 4.90. The van der Waals surface area contributed by atoms with Crippen molar-refractivity contribution in [2.75, 3.05) is 25.4 Å². The zero-order chi connectivity index (χ0) is 22.9. The van der Waals surface area contributed by atoms with E-state index in [0.29, 0.717) is 18.3 Å². The Bertz CT molecular complexity index is 1330. The van der Waals surface area contributed by atoms with Gasteiger partial charge in [-0.1, -0.05) is 18.2 Å². The van der Waals surface area contributed by atoms with Gasteiger partial charge in [-0.25, -0.2) is 9.78 Å². The van der Waals surface area contributed by atoms with Crippen molar-refractivity contribution < 1.29 is 4.79 Å². The van der Waals surface area contributed by atoms with Crippen LogP contribution in [0.4, 0.5) is 10.6 Å². The van der Waals surface area contributed by atoms with Crippen molar-refractivity contribution in [1.82, 2.24) is 29.8 Å². The minimum atomic E-state index is 0.0221. The van der Waals surface area contributed by atoms with Gasteiger partial charge in [-0.05, 0) is 60.2 Å². The zero-order valence-corrected chi connectivity index (χ0v) is 20.0. The quantitative estimate of drug-likeness (QED) is 0.429. The Morgan fingerprint density at radius 1 is 1.24 bits per heavy atom. The molecule has 0 aliphatic carbocycles. The fraction of sp³-hybridized carbons (Fsp3) is 0.333. The lowest BCUT2D eigenvalue weighted by atomic mass is 9.92. The number of urea groups is 1. The first-order valence-corrected chi connectivity index (χ1v) is 12.0. The zero-order valence-electron chi connectivity index (χ0n) is 18.5. The number of amides is 2. The van der Waals surface area contributed by atoms with Crippen molar-refractivity contribution >= 4 is 44.3 Å². The lowest BCUT2D eigenvalue weighted by molar-refractivity contribution is 0.170. The van der Waals surface area contributed by atoms with Crippen molar-refractivity contribution in [3.63, 3.8) is 0 Å². The Morgan fingerprint density at radius 2 is 2.03 bits per heavy atom. The molecule has 3 N–H and O–H groups in total. The van der Waals surface area contributed by atoms with Crippen molar-refractivity contribution in [2.45, 2.75) is 26.2 Å². The summed E-state index contributed by atoms with van der Waals surface area (Å²) >= 11 is 3.65. The third-order valence-electron chi connectivity index (χ3n) is 6.30. The van der Waals surface area contributed by atoms with E-state index in [1.165, 1.54) is 0 Å². The largest absolute Gasteiger partial charge is 0.383 e. The second-order valence-electron chi connectivity index (χ2n) is 8.44. The average molecular weight is 508 g/mol. The van der Waals surface area contributed by atoms with Crippen LogP contribution in [-0.4, -0.2) is 50.1 Å². The molecule has 0 unspecified atom stereocenters. The highest BCUT2D eigenvalue weighted by Gasteiger charge is 2.25. The predicted molar refractivity (Wildman–Crippen MR) is 133 cm³/mol. The predicted octanol–water partition coefficient (Wildman–Crippen LogP) is 4.27. The number of fused-ring (bicyclic) bond motifs is 2. The summed E-state index contributed by atoms with van der Waals surface area (Å²) in [4.78, 5) is 23.6. The van der Waals surface area contributed by atoms with Crippen LogP contribution in [0.1, 0.15) is 25.5 Å². The molecule has 170 valence electrons. The van der Waals surface area contributed by atoms with Gasteiger partial charge < -0.3 is 16.0 Å². The fourth-order valence-electron chi connectivity index (χ4n) is 4.48. The molecule has 0 radical (unpaired) electrons. The summed E-state index contributed by atoms with van der Waals surface area (Å²) in [6, 6.07) is 10.2. The molecule has 2 amide bonds. The Morgan fingerprint density at radius 3 is 2.82 bits per heavy atom. The number of hydrogen-bond acceptors (Lipinski definition) is 5. The molecule has 1 aromatic carbocycles. The Labute approximate surface area is 200 Å². The summed E-state index contributed by atoms with van der Waals surface area (Å²) in [5, 5.41) is 8.44. The molecule has 33 heavy (non-hydrogen) atoms. The number of nitrogens with one attached hydrogen (secondary N) is 1. The summed E-state index contributed by atoms with van der Waals surface area (Å²) in [7, 11) is 0. The van der Waals surface area contributed by atoms with Gasteiger partial charge in [-0.3, -0.25) is 4.98 Å². The highest BCUT2D eigenvalue weighted by Crippen LogP contribution is 2.33. The topological polar surface area (TPSA) is 101 Å². The standard InChI is InChI=1S/C24H26BrN7O/c1-2-27-24(33)31-9-7-15(8-10-31)11-20-21(25)22(26)32-23(30-20)18(14-29-32)17-12-16-5-3-4-6-19(16)28-13-17/h3-6,12-15H,2,7-11,26H2,1H3,(H,27,33). The molecule has 9 heteroatoms. The summed E-state index contributed by atoms with van der Waals surface area (Å²) in [6.07, 6.45) is 6.33. The Kier molecular flexibility index (Phi) is 5.88. The number of aromatic nitrogens is 4. The lowest BCUT2D eigenvalue weighted by Gasteiger charge is -2.32. The molecule has 0 atom stereocenters. The molecule has 5 rings (SSSR count). The number of nitrogens with two attached hydrogens (primary N) is 1. The van der Waals surface area contributed by atoms with Crippen LogP contribution in [0.2, 0.25) is 0 Å². The number of halogens is 1. The van der Waals surface area contributed by atoms with E-state index >= 15 is 0 Å². The highest BCUT2D eigenvalue weighted by atomic mass is 79.9. The van der Waals surface area contributed by atoms with Crippen LogP contribution in [-0.2, 0) is 6.42 Å².